The second kappa shape index (κ2) is 8.52. The third-order valence-electron chi connectivity index (χ3n) is 4.71. The predicted molar refractivity (Wildman–Crippen MR) is 113 cm³/mol. The molecule has 0 radical (unpaired) electrons. The van der Waals surface area contributed by atoms with E-state index < -0.39 is 0 Å². The van der Waals surface area contributed by atoms with Crippen molar-refractivity contribution in [1.29, 1.82) is 0 Å². The Bertz CT molecular complexity index is 754. The molecule has 2 aromatic carbocycles. The first-order valence-electron chi connectivity index (χ1n) is 9.04. The third kappa shape index (κ3) is 4.74. The fraction of sp³-hybridized carbons (Fsp3) is 0.381. The highest BCUT2D eigenvalue weighted by molar-refractivity contribution is 7.80. The predicted octanol–water partition coefficient (Wildman–Crippen LogP) is 3.97. The molecule has 0 spiro atoms. The Labute approximate surface area is 161 Å². The zero-order valence-electron chi connectivity index (χ0n) is 15.8. The van der Waals surface area contributed by atoms with E-state index in [-0.39, 0.29) is 0 Å². The third-order valence-corrected chi connectivity index (χ3v) is 5.13. The maximum Gasteiger partial charge on any atom is 0.173 e. The lowest BCUT2D eigenvalue weighted by molar-refractivity contribution is 0.122. The van der Waals surface area contributed by atoms with Gasteiger partial charge in [0.25, 0.3) is 0 Å². The van der Waals surface area contributed by atoms with Gasteiger partial charge in [-0.2, -0.15) is 0 Å². The van der Waals surface area contributed by atoms with Crippen molar-refractivity contribution >= 4 is 28.7 Å². The summed E-state index contributed by atoms with van der Waals surface area (Å²) in [6, 6.07) is 15.1. The normalized spacial score (nSPS) is 14.2. The number of hydrogen-bond acceptors (Lipinski definition) is 3. The summed E-state index contributed by atoms with van der Waals surface area (Å²) in [5.74, 6) is 0. The van der Waals surface area contributed by atoms with Crippen LogP contribution in [0.3, 0.4) is 0 Å². The summed E-state index contributed by atoms with van der Waals surface area (Å²) in [5, 5.41) is 4.10. The van der Waals surface area contributed by atoms with E-state index >= 15 is 0 Å². The molecular weight excluding hydrogens is 342 g/mol. The highest BCUT2D eigenvalue weighted by Gasteiger charge is 2.12. The Morgan fingerprint density at radius 1 is 1.12 bits per heavy atom. The maximum absolute atomic E-state index is 5.58. The van der Waals surface area contributed by atoms with Crippen LogP contribution < -0.4 is 10.2 Å². The van der Waals surface area contributed by atoms with Gasteiger partial charge in [-0.25, -0.2) is 0 Å². The van der Waals surface area contributed by atoms with Gasteiger partial charge in [-0.1, -0.05) is 24.3 Å². The van der Waals surface area contributed by atoms with E-state index in [0.29, 0.717) is 0 Å². The second-order valence-electron chi connectivity index (χ2n) is 6.87. The molecule has 0 atom stereocenters. The smallest absolute Gasteiger partial charge is 0.173 e. The first kappa shape index (κ1) is 18.7. The van der Waals surface area contributed by atoms with Crippen molar-refractivity contribution in [2.24, 2.45) is 0 Å². The molecule has 0 bridgehead atoms. The molecule has 3 rings (SSSR count). The van der Waals surface area contributed by atoms with Gasteiger partial charge in [-0.15, -0.1) is 0 Å². The van der Waals surface area contributed by atoms with E-state index in [9.17, 15) is 0 Å². The molecule has 5 heteroatoms. The molecule has 4 nitrogen and oxygen atoms in total. The lowest BCUT2D eigenvalue weighted by Gasteiger charge is -2.29. The summed E-state index contributed by atoms with van der Waals surface area (Å²) < 4.78 is 5.42. The van der Waals surface area contributed by atoms with E-state index in [1.807, 2.05) is 7.05 Å². The van der Waals surface area contributed by atoms with Crippen molar-refractivity contribution in [2.75, 3.05) is 43.6 Å². The zero-order valence-corrected chi connectivity index (χ0v) is 16.6. The van der Waals surface area contributed by atoms with Crippen LogP contribution in [0.5, 0.6) is 0 Å². The summed E-state index contributed by atoms with van der Waals surface area (Å²) >= 11 is 5.58. The number of anilines is 2. The second-order valence-corrected chi connectivity index (χ2v) is 7.26. The zero-order chi connectivity index (χ0) is 18.5. The van der Waals surface area contributed by atoms with Crippen molar-refractivity contribution in [1.82, 2.24) is 4.90 Å². The number of nitrogens with one attached hydrogen (secondary N) is 1. The van der Waals surface area contributed by atoms with E-state index in [0.717, 1.165) is 43.6 Å². The maximum atomic E-state index is 5.58. The molecular formula is C21H27N3OS. The number of thiocarbonyl (C=S) groups is 1. The van der Waals surface area contributed by atoms with Gasteiger partial charge in [0.15, 0.2) is 5.11 Å². The van der Waals surface area contributed by atoms with Crippen LogP contribution in [-0.4, -0.2) is 43.4 Å². The fourth-order valence-corrected chi connectivity index (χ4v) is 3.24. The Hall–Kier alpha value is -2.11. The van der Waals surface area contributed by atoms with Crippen LogP contribution in [0, 0.1) is 13.8 Å². The van der Waals surface area contributed by atoms with Gasteiger partial charge in [0.1, 0.15) is 0 Å². The monoisotopic (exact) mass is 369 g/mol. The molecule has 26 heavy (non-hydrogen) atoms. The van der Waals surface area contributed by atoms with Crippen molar-refractivity contribution in [3.63, 3.8) is 0 Å². The van der Waals surface area contributed by atoms with Crippen LogP contribution in [0.15, 0.2) is 42.5 Å². The van der Waals surface area contributed by atoms with Gasteiger partial charge in [0, 0.05) is 38.1 Å². The molecule has 1 fully saturated rings. The molecule has 1 heterocycles. The van der Waals surface area contributed by atoms with Gasteiger partial charge in [-0.3, -0.25) is 0 Å². The SMILES string of the molecule is Cc1ccc(C)c(NC(=S)N(C)Cc2ccc(N3CCOCC3)cc2)c1. The Kier molecular flexibility index (Phi) is 6.12. The quantitative estimate of drug-likeness (QED) is 0.823. The first-order valence-corrected chi connectivity index (χ1v) is 9.45. The molecule has 0 aromatic heterocycles. The van der Waals surface area contributed by atoms with Gasteiger partial charge in [0.2, 0.25) is 0 Å². The van der Waals surface area contributed by atoms with Crippen LogP contribution in [0.1, 0.15) is 16.7 Å². The fourth-order valence-electron chi connectivity index (χ4n) is 3.06. The summed E-state index contributed by atoms with van der Waals surface area (Å²) in [6.07, 6.45) is 0. The standard InChI is InChI=1S/C21H27N3OS/c1-16-4-5-17(2)20(14-16)22-21(26)23(3)15-18-6-8-19(9-7-18)24-10-12-25-13-11-24/h4-9,14H,10-13,15H2,1-3H3,(H,22,26). The van der Waals surface area contributed by atoms with E-state index in [2.05, 4.69) is 71.4 Å². The number of hydrogen-bond donors (Lipinski definition) is 1. The van der Waals surface area contributed by atoms with Crippen LogP contribution in [0.4, 0.5) is 11.4 Å². The number of aryl methyl sites for hydroxylation is 2. The lowest BCUT2D eigenvalue weighted by atomic mass is 10.1. The van der Waals surface area contributed by atoms with E-state index in [1.165, 1.54) is 22.4 Å². The largest absolute Gasteiger partial charge is 0.378 e. The molecule has 2 aromatic rings. The van der Waals surface area contributed by atoms with Crippen LogP contribution in [-0.2, 0) is 11.3 Å². The molecule has 1 saturated heterocycles. The minimum atomic E-state index is 0.732. The average molecular weight is 370 g/mol. The van der Waals surface area contributed by atoms with Gasteiger partial charge >= 0.3 is 0 Å². The number of rotatable bonds is 4. The molecule has 1 aliphatic heterocycles. The Morgan fingerprint density at radius 3 is 2.50 bits per heavy atom. The highest BCUT2D eigenvalue weighted by atomic mass is 32.1. The molecule has 1 N–H and O–H groups in total. The Morgan fingerprint density at radius 2 is 1.81 bits per heavy atom. The number of ether oxygens (including phenoxy) is 1. The van der Waals surface area contributed by atoms with Crippen molar-refractivity contribution in [2.45, 2.75) is 20.4 Å². The van der Waals surface area contributed by atoms with Crippen molar-refractivity contribution in [3.8, 4) is 0 Å². The summed E-state index contributed by atoms with van der Waals surface area (Å²) in [7, 11) is 2.02. The summed E-state index contributed by atoms with van der Waals surface area (Å²) in [5.41, 5.74) is 6.00. The molecule has 0 amide bonds. The molecule has 1 aliphatic rings. The van der Waals surface area contributed by atoms with Crippen molar-refractivity contribution in [3.05, 3.63) is 59.2 Å². The molecule has 0 unspecified atom stereocenters. The number of morpholine rings is 1. The molecule has 138 valence electrons. The Balaban J connectivity index is 1.59. The van der Waals surface area contributed by atoms with Crippen LogP contribution in [0.25, 0.3) is 0 Å². The van der Waals surface area contributed by atoms with E-state index in [4.69, 9.17) is 17.0 Å². The summed E-state index contributed by atoms with van der Waals surface area (Å²) in [4.78, 5) is 4.44. The van der Waals surface area contributed by atoms with Gasteiger partial charge in [0.05, 0.1) is 13.2 Å². The molecule has 0 saturated carbocycles. The topological polar surface area (TPSA) is 27.7 Å². The highest BCUT2D eigenvalue weighted by Crippen LogP contribution is 2.19. The minimum absolute atomic E-state index is 0.732. The van der Waals surface area contributed by atoms with E-state index in [1.54, 1.807) is 0 Å². The van der Waals surface area contributed by atoms with Crippen LogP contribution in [0.2, 0.25) is 0 Å². The lowest BCUT2D eigenvalue weighted by Crippen LogP contribution is -2.36. The minimum Gasteiger partial charge on any atom is -0.378 e. The van der Waals surface area contributed by atoms with Gasteiger partial charge < -0.3 is 19.9 Å². The molecule has 0 aliphatic carbocycles. The van der Waals surface area contributed by atoms with Crippen LogP contribution >= 0.6 is 12.2 Å². The number of nitrogens with zero attached hydrogens (tertiary/aromatic N) is 2. The van der Waals surface area contributed by atoms with Gasteiger partial charge in [-0.05, 0) is 61.0 Å². The number of benzene rings is 2. The van der Waals surface area contributed by atoms with Crippen molar-refractivity contribution < 1.29 is 4.74 Å². The average Bonchev–Trinajstić information content (AvgIpc) is 2.66. The first-order chi connectivity index (χ1) is 12.5. The summed E-state index contributed by atoms with van der Waals surface area (Å²) in [6.45, 7) is 8.50.